The third kappa shape index (κ3) is 1.29. The molecule has 1 heterocycles. The van der Waals surface area contributed by atoms with Crippen LogP contribution in [0.2, 0.25) is 0 Å². The second kappa shape index (κ2) is 2.81. The van der Waals surface area contributed by atoms with Gasteiger partial charge in [-0.2, -0.15) is 0 Å². The lowest BCUT2D eigenvalue weighted by molar-refractivity contribution is 0.375. The highest BCUT2D eigenvalue weighted by Crippen LogP contribution is 2.22. The van der Waals surface area contributed by atoms with Crippen LogP contribution in [0.3, 0.4) is 0 Å². The first-order valence-electron chi connectivity index (χ1n) is 3.99. The molecule has 2 N–H and O–H groups in total. The minimum atomic E-state index is -0.322. The van der Waals surface area contributed by atoms with Gasteiger partial charge in [-0.25, -0.2) is 4.39 Å². The minimum Gasteiger partial charge on any atom is -0.358 e. The second-order valence-corrected chi connectivity index (χ2v) is 3.00. The van der Waals surface area contributed by atoms with Crippen molar-refractivity contribution in [1.82, 2.24) is 5.16 Å². The molecule has 4 heteroatoms. The predicted octanol–water partition coefficient (Wildman–Crippen LogP) is 1.99. The zero-order chi connectivity index (χ0) is 9.42. The van der Waals surface area contributed by atoms with Crippen molar-refractivity contribution in [2.45, 2.75) is 13.0 Å². The molecule has 1 unspecified atom stereocenters. The fourth-order valence-corrected chi connectivity index (χ4v) is 1.26. The lowest BCUT2D eigenvalue weighted by Gasteiger charge is -1.97. The van der Waals surface area contributed by atoms with E-state index in [0.29, 0.717) is 11.3 Å². The Labute approximate surface area is 74.3 Å². The maximum absolute atomic E-state index is 12.7. The Hall–Kier alpha value is -1.42. The quantitative estimate of drug-likeness (QED) is 0.730. The average molecular weight is 180 g/mol. The summed E-state index contributed by atoms with van der Waals surface area (Å²) in [5.41, 5.74) is 6.14. The van der Waals surface area contributed by atoms with Gasteiger partial charge in [-0.3, -0.25) is 0 Å². The molecule has 0 spiro atoms. The maximum atomic E-state index is 12.7. The summed E-state index contributed by atoms with van der Waals surface area (Å²) >= 11 is 0. The summed E-state index contributed by atoms with van der Waals surface area (Å²) in [7, 11) is 0. The molecule has 2 aromatic rings. The smallest absolute Gasteiger partial charge is 0.160 e. The zero-order valence-electron chi connectivity index (χ0n) is 7.12. The molecule has 0 radical (unpaired) electrons. The first-order chi connectivity index (χ1) is 6.18. The van der Waals surface area contributed by atoms with Crippen molar-refractivity contribution in [1.29, 1.82) is 0 Å². The van der Waals surface area contributed by atoms with Crippen molar-refractivity contribution in [2.75, 3.05) is 0 Å². The summed E-state index contributed by atoms with van der Waals surface area (Å²) < 4.78 is 17.7. The number of benzene rings is 1. The molecule has 2 rings (SSSR count). The van der Waals surface area contributed by atoms with Gasteiger partial charge in [-0.05, 0) is 19.1 Å². The van der Waals surface area contributed by atoms with Crippen LogP contribution in [0.5, 0.6) is 0 Å². The number of halogens is 1. The van der Waals surface area contributed by atoms with E-state index in [2.05, 4.69) is 5.16 Å². The van der Waals surface area contributed by atoms with Gasteiger partial charge in [0.05, 0.1) is 6.04 Å². The first kappa shape index (κ1) is 8.19. The Bertz CT molecular complexity index is 436. The first-order valence-corrected chi connectivity index (χ1v) is 3.99. The molecule has 0 aliphatic carbocycles. The van der Waals surface area contributed by atoms with E-state index in [1.807, 2.05) is 0 Å². The van der Waals surface area contributed by atoms with Crippen LogP contribution in [0.25, 0.3) is 10.9 Å². The van der Waals surface area contributed by atoms with E-state index in [1.165, 1.54) is 12.1 Å². The van der Waals surface area contributed by atoms with E-state index < -0.39 is 0 Å². The van der Waals surface area contributed by atoms with Gasteiger partial charge in [0.15, 0.2) is 5.76 Å². The molecule has 68 valence electrons. The number of hydrogen-bond acceptors (Lipinski definition) is 3. The minimum absolute atomic E-state index is 0.226. The van der Waals surface area contributed by atoms with Crippen LogP contribution in [0, 0.1) is 5.82 Å². The van der Waals surface area contributed by atoms with Gasteiger partial charge < -0.3 is 10.3 Å². The summed E-state index contributed by atoms with van der Waals surface area (Å²) in [6.45, 7) is 1.79. The van der Waals surface area contributed by atoms with E-state index in [4.69, 9.17) is 10.3 Å². The molecule has 0 aliphatic rings. The SMILES string of the molecule is CC(N)c1onc2cc(F)ccc12. The third-order valence-electron chi connectivity index (χ3n) is 1.88. The van der Waals surface area contributed by atoms with Gasteiger partial charge in [0, 0.05) is 11.5 Å². The van der Waals surface area contributed by atoms with Crippen LogP contribution in [0.15, 0.2) is 22.7 Å². The zero-order valence-corrected chi connectivity index (χ0v) is 7.12. The maximum Gasteiger partial charge on any atom is 0.160 e. The van der Waals surface area contributed by atoms with Gasteiger partial charge in [0.1, 0.15) is 11.3 Å². The van der Waals surface area contributed by atoms with Crippen molar-refractivity contribution in [3.05, 3.63) is 29.8 Å². The predicted molar refractivity (Wildman–Crippen MR) is 46.6 cm³/mol. The molecule has 1 aromatic carbocycles. The molecule has 0 amide bonds. The molecular formula is C9H9FN2O. The lowest BCUT2D eigenvalue weighted by Crippen LogP contribution is -2.03. The van der Waals surface area contributed by atoms with Crippen molar-refractivity contribution in [3.8, 4) is 0 Å². The molecular weight excluding hydrogens is 171 g/mol. The van der Waals surface area contributed by atoms with Crippen LogP contribution in [-0.4, -0.2) is 5.16 Å². The van der Waals surface area contributed by atoms with Gasteiger partial charge in [0.25, 0.3) is 0 Å². The van der Waals surface area contributed by atoms with Crippen molar-refractivity contribution < 1.29 is 8.91 Å². The van der Waals surface area contributed by atoms with Crippen LogP contribution in [0.1, 0.15) is 18.7 Å². The van der Waals surface area contributed by atoms with E-state index >= 15 is 0 Å². The highest BCUT2D eigenvalue weighted by Gasteiger charge is 2.11. The van der Waals surface area contributed by atoms with Crippen LogP contribution < -0.4 is 5.73 Å². The average Bonchev–Trinajstić information content (AvgIpc) is 2.46. The highest BCUT2D eigenvalue weighted by atomic mass is 19.1. The standard InChI is InChI=1S/C9H9FN2O/c1-5(11)9-7-3-2-6(10)4-8(7)12-13-9/h2-5H,11H2,1H3. The summed E-state index contributed by atoms with van der Waals surface area (Å²) in [5, 5.41) is 4.48. The van der Waals surface area contributed by atoms with E-state index in [9.17, 15) is 4.39 Å². The van der Waals surface area contributed by atoms with Crippen LogP contribution in [-0.2, 0) is 0 Å². The molecule has 3 nitrogen and oxygen atoms in total. The topological polar surface area (TPSA) is 52.0 Å². The number of aromatic nitrogens is 1. The molecule has 0 bridgehead atoms. The fraction of sp³-hybridized carbons (Fsp3) is 0.222. The number of rotatable bonds is 1. The van der Waals surface area contributed by atoms with Gasteiger partial charge >= 0.3 is 0 Å². The normalized spacial score (nSPS) is 13.5. The molecule has 0 aliphatic heterocycles. The Morgan fingerprint density at radius 3 is 3.00 bits per heavy atom. The lowest BCUT2D eigenvalue weighted by atomic mass is 10.1. The van der Waals surface area contributed by atoms with Crippen LogP contribution >= 0.6 is 0 Å². The molecule has 0 fully saturated rings. The fourth-order valence-electron chi connectivity index (χ4n) is 1.26. The summed E-state index contributed by atoms with van der Waals surface area (Å²) in [6, 6.07) is 4.09. The Morgan fingerprint density at radius 1 is 1.54 bits per heavy atom. The Kier molecular flexibility index (Phi) is 1.77. The highest BCUT2D eigenvalue weighted by molar-refractivity contribution is 5.80. The van der Waals surface area contributed by atoms with Crippen LogP contribution in [0.4, 0.5) is 4.39 Å². The number of fused-ring (bicyclic) bond motifs is 1. The number of hydrogen-bond donors (Lipinski definition) is 1. The molecule has 13 heavy (non-hydrogen) atoms. The van der Waals surface area contributed by atoms with Crippen molar-refractivity contribution in [3.63, 3.8) is 0 Å². The van der Waals surface area contributed by atoms with Gasteiger partial charge in [-0.15, -0.1) is 0 Å². The number of nitrogens with two attached hydrogens (primary N) is 1. The van der Waals surface area contributed by atoms with Gasteiger partial charge in [-0.1, -0.05) is 5.16 Å². The molecule has 0 saturated carbocycles. The van der Waals surface area contributed by atoms with Crippen molar-refractivity contribution in [2.24, 2.45) is 5.73 Å². The molecule has 1 aromatic heterocycles. The third-order valence-corrected chi connectivity index (χ3v) is 1.88. The summed E-state index contributed by atoms with van der Waals surface area (Å²) in [6.07, 6.45) is 0. The largest absolute Gasteiger partial charge is 0.358 e. The van der Waals surface area contributed by atoms with Gasteiger partial charge in [0.2, 0.25) is 0 Å². The number of nitrogens with zero attached hydrogens (tertiary/aromatic N) is 1. The Morgan fingerprint density at radius 2 is 2.31 bits per heavy atom. The van der Waals surface area contributed by atoms with E-state index in [1.54, 1.807) is 13.0 Å². The van der Waals surface area contributed by atoms with Crippen molar-refractivity contribution >= 4 is 10.9 Å². The monoisotopic (exact) mass is 180 g/mol. The van der Waals surface area contributed by atoms with E-state index in [0.717, 1.165) is 5.39 Å². The Balaban J connectivity index is 2.69. The van der Waals surface area contributed by atoms with E-state index in [-0.39, 0.29) is 11.9 Å². The summed E-state index contributed by atoms with van der Waals surface area (Å²) in [4.78, 5) is 0. The molecule has 1 atom stereocenters. The summed E-state index contributed by atoms with van der Waals surface area (Å²) in [5.74, 6) is 0.270. The second-order valence-electron chi connectivity index (χ2n) is 3.00. The molecule has 0 saturated heterocycles.